The highest BCUT2D eigenvalue weighted by molar-refractivity contribution is 6.07. The van der Waals surface area contributed by atoms with Gasteiger partial charge in [-0.05, 0) is 30.5 Å². The topological polar surface area (TPSA) is 71.3 Å². The van der Waals surface area contributed by atoms with Gasteiger partial charge in [0.2, 0.25) is 0 Å². The number of benzene rings is 2. The molecule has 1 saturated carbocycles. The third-order valence-electron chi connectivity index (χ3n) is 6.10. The predicted molar refractivity (Wildman–Crippen MR) is 118 cm³/mol. The number of Topliss-reactive ketones (excluding diaryl/α,β-unsaturated/α-hetero) is 1. The van der Waals surface area contributed by atoms with Gasteiger partial charge in [0.15, 0.2) is 5.78 Å². The zero-order valence-electron chi connectivity index (χ0n) is 17.6. The molecule has 0 unspecified atom stereocenters. The van der Waals surface area contributed by atoms with E-state index < -0.39 is 11.9 Å². The lowest BCUT2D eigenvalue weighted by Gasteiger charge is -2.28. The van der Waals surface area contributed by atoms with E-state index in [0.29, 0.717) is 30.5 Å². The lowest BCUT2D eigenvalue weighted by Crippen LogP contribution is -2.45. The highest BCUT2D eigenvalue weighted by atomic mass is 19.1. The third kappa shape index (κ3) is 4.39. The van der Waals surface area contributed by atoms with Crippen molar-refractivity contribution in [3.63, 3.8) is 0 Å². The van der Waals surface area contributed by atoms with E-state index in [4.69, 9.17) is 0 Å². The van der Waals surface area contributed by atoms with Crippen molar-refractivity contribution in [2.75, 3.05) is 0 Å². The van der Waals surface area contributed by atoms with E-state index in [0.717, 1.165) is 24.8 Å². The molecule has 2 aromatic carbocycles. The highest BCUT2D eigenvalue weighted by Gasteiger charge is 2.27. The van der Waals surface area contributed by atoms with Crippen LogP contribution in [0.4, 0.5) is 4.39 Å². The van der Waals surface area contributed by atoms with Crippen molar-refractivity contribution in [2.24, 2.45) is 0 Å². The van der Waals surface area contributed by atoms with E-state index in [1.807, 2.05) is 23.6 Å². The monoisotopic (exact) mass is 422 g/mol. The van der Waals surface area contributed by atoms with E-state index in [-0.39, 0.29) is 28.7 Å². The summed E-state index contributed by atoms with van der Waals surface area (Å²) in [4.78, 5) is 24.9. The van der Waals surface area contributed by atoms with E-state index in [1.165, 1.54) is 6.07 Å². The number of amides is 1. The van der Waals surface area contributed by atoms with E-state index >= 15 is 0 Å². The molecule has 1 aliphatic rings. The van der Waals surface area contributed by atoms with Crippen LogP contribution >= 0.6 is 0 Å². The lowest BCUT2D eigenvalue weighted by molar-refractivity contribution is 0.0718. The Hall–Kier alpha value is -2.99. The van der Waals surface area contributed by atoms with Crippen molar-refractivity contribution in [1.29, 1.82) is 0 Å². The number of halogens is 1. The largest absolute Gasteiger partial charge is 0.391 e. The maximum absolute atomic E-state index is 14.7. The summed E-state index contributed by atoms with van der Waals surface area (Å²) >= 11 is 0. The Morgan fingerprint density at radius 2 is 1.87 bits per heavy atom. The summed E-state index contributed by atoms with van der Waals surface area (Å²) in [6, 6.07) is 11.8. The Kier molecular flexibility index (Phi) is 6.18. The fraction of sp³-hybridized carbons (Fsp3) is 0.360. The summed E-state index contributed by atoms with van der Waals surface area (Å²) < 4.78 is 16.6. The Bertz CT molecular complexity index is 1100. The van der Waals surface area contributed by atoms with Crippen LogP contribution in [-0.2, 0) is 6.54 Å². The minimum atomic E-state index is -0.569. The first-order valence-corrected chi connectivity index (χ1v) is 10.9. The summed E-state index contributed by atoms with van der Waals surface area (Å²) in [5.41, 5.74) is 2.51. The lowest BCUT2D eigenvalue weighted by atomic mass is 9.92. The number of ketones is 1. The third-order valence-corrected chi connectivity index (χ3v) is 6.10. The van der Waals surface area contributed by atoms with E-state index in [2.05, 4.69) is 5.32 Å². The van der Waals surface area contributed by atoms with Crippen molar-refractivity contribution >= 4 is 22.6 Å². The molecule has 0 radical (unpaired) electrons. The molecule has 2 atom stereocenters. The second-order valence-corrected chi connectivity index (χ2v) is 8.21. The van der Waals surface area contributed by atoms with Gasteiger partial charge in [-0.15, -0.1) is 0 Å². The van der Waals surface area contributed by atoms with E-state index in [9.17, 15) is 19.1 Å². The van der Waals surface area contributed by atoms with Gasteiger partial charge in [-0.2, -0.15) is 0 Å². The molecular weight excluding hydrogens is 395 g/mol. The summed E-state index contributed by atoms with van der Waals surface area (Å²) in [6.07, 6.45) is 4.84. The molecule has 1 aliphatic carbocycles. The van der Waals surface area contributed by atoms with Gasteiger partial charge in [0.05, 0.1) is 23.2 Å². The standard InChI is InChI=1S/C25H27FN2O3/c1-2-22(29)17-12-10-16(11-13-17)14-28-15-18(24-19(26)6-5-8-21(24)28)25(31)27-20-7-3-4-9-23(20)30/h5-6,8,10-13,15,20,23,30H,2-4,7,9,14H2,1H3,(H,27,31)/t20-,23-/m0/s1. The van der Waals surface area contributed by atoms with Gasteiger partial charge in [-0.25, -0.2) is 4.39 Å². The number of hydrogen-bond donors (Lipinski definition) is 2. The number of fused-ring (bicyclic) bond motifs is 1. The van der Waals surface area contributed by atoms with Crippen molar-refractivity contribution < 1.29 is 19.1 Å². The number of carbonyl (C=O) groups is 2. The first-order valence-electron chi connectivity index (χ1n) is 10.9. The molecule has 3 aromatic rings. The van der Waals surface area contributed by atoms with E-state index in [1.54, 1.807) is 30.5 Å². The van der Waals surface area contributed by atoms with Crippen molar-refractivity contribution in [3.05, 3.63) is 71.2 Å². The minimum absolute atomic E-state index is 0.0869. The number of carbonyl (C=O) groups excluding carboxylic acids is 2. The van der Waals surface area contributed by atoms with Crippen molar-refractivity contribution in [2.45, 2.75) is 57.7 Å². The number of nitrogens with one attached hydrogen (secondary N) is 1. The van der Waals surface area contributed by atoms with Crippen LogP contribution < -0.4 is 5.32 Å². The second-order valence-electron chi connectivity index (χ2n) is 8.21. The molecule has 6 heteroatoms. The molecule has 0 bridgehead atoms. The molecule has 4 rings (SSSR count). The second kappa shape index (κ2) is 9.02. The normalized spacial score (nSPS) is 18.8. The molecule has 1 amide bonds. The molecule has 1 fully saturated rings. The van der Waals surface area contributed by atoms with Gasteiger partial charge in [0.1, 0.15) is 5.82 Å². The molecule has 2 N–H and O–H groups in total. The minimum Gasteiger partial charge on any atom is -0.391 e. The number of aromatic nitrogens is 1. The molecule has 162 valence electrons. The maximum Gasteiger partial charge on any atom is 0.253 e. The molecule has 0 saturated heterocycles. The van der Waals surface area contributed by atoms with Crippen LogP contribution in [-0.4, -0.2) is 33.5 Å². The summed E-state index contributed by atoms with van der Waals surface area (Å²) in [5.74, 6) is -0.734. The molecule has 0 aliphatic heterocycles. The van der Waals surface area contributed by atoms with Crippen LogP contribution in [0, 0.1) is 5.82 Å². The number of aliphatic hydroxyl groups excluding tert-OH is 1. The Balaban J connectivity index is 1.63. The SMILES string of the molecule is CCC(=O)c1ccc(Cn2cc(C(=O)N[C@H]3CCCC[C@@H]3O)c3c(F)cccc32)cc1. The number of hydrogen-bond acceptors (Lipinski definition) is 3. The van der Waals surface area contributed by atoms with Crippen molar-refractivity contribution in [1.82, 2.24) is 9.88 Å². The van der Waals surface area contributed by atoms with Gasteiger partial charge in [-0.1, -0.05) is 50.1 Å². The van der Waals surface area contributed by atoms with Crippen LogP contribution in [0.5, 0.6) is 0 Å². The number of nitrogens with zero attached hydrogens (tertiary/aromatic N) is 1. The van der Waals surface area contributed by atoms with Gasteiger partial charge >= 0.3 is 0 Å². The Morgan fingerprint density at radius 1 is 1.13 bits per heavy atom. The highest BCUT2D eigenvalue weighted by Crippen LogP contribution is 2.26. The predicted octanol–water partition coefficient (Wildman–Crippen LogP) is 4.45. The van der Waals surface area contributed by atoms with Crippen molar-refractivity contribution in [3.8, 4) is 0 Å². The Morgan fingerprint density at radius 3 is 2.58 bits per heavy atom. The molecular formula is C25H27FN2O3. The molecule has 1 heterocycles. The number of aliphatic hydroxyl groups is 1. The molecule has 5 nitrogen and oxygen atoms in total. The first-order chi connectivity index (χ1) is 15.0. The average molecular weight is 423 g/mol. The van der Waals surface area contributed by atoms with Crippen LogP contribution in [0.1, 0.15) is 65.3 Å². The molecule has 31 heavy (non-hydrogen) atoms. The molecule has 0 spiro atoms. The van der Waals surface area contributed by atoms with Crippen LogP contribution in [0.3, 0.4) is 0 Å². The average Bonchev–Trinajstić information content (AvgIpc) is 3.15. The van der Waals surface area contributed by atoms with Crippen LogP contribution in [0.2, 0.25) is 0 Å². The fourth-order valence-electron chi connectivity index (χ4n) is 4.33. The zero-order valence-corrected chi connectivity index (χ0v) is 17.6. The summed E-state index contributed by atoms with van der Waals surface area (Å²) in [7, 11) is 0. The summed E-state index contributed by atoms with van der Waals surface area (Å²) in [5, 5.41) is 13.4. The molecule has 1 aromatic heterocycles. The van der Waals surface area contributed by atoms with Gasteiger partial charge in [-0.3, -0.25) is 9.59 Å². The fourth-order valence-corrected chi connectivity index (χ4v) is 4.33. The van der Waals surface area contributed by atoms with Gasteiger partial charge < -0.3 is 15.0 Å². The number of rotatable bonds is 6. The summed E-state index contributed by atoms with van der Waals surface area (Å²) in [6.45, 7) is 2.27. The zero-order chi connectivity index (χ0) is 22.0. The smallest absolute Gasteiger partial charge is 0.253 e. The maximum atomic E-state index is 14.7. The van der Waals surface area contributed by atoms with Crippen LogP contribution in [0.15, 0.2) is 48.7 Å². The first kappa shape index (κ1) is 21.2. The van der Waals surface area contributed by atoms with Gasteiger partial charge in [0.25, 0.3) is 5.91 Å². The quantitative estimate of drug-likeness (QED) is 0.577. The van der Waals surface area contributed by atoms with Gasteiger partial charge in [0, 0.05) is 30.1 Å². The van der Waals surface area contributed by atoms with Crippen LogP contribution in [0.25, 0.3) is 10.9 Å². The Labute approximate surface area is 180 Å².